The average molecular weight is 683 g/mol. The summed E-state index contributed by atoms with van der Waals surface area (Å²) in [5, 5.41) is 0. The topological polar surface area (TPSA) is 17.6 Å². The Morgan fingerprint density at radius 3 is 0.857 bits per heavy atom. The van der Waals surface area contributed by atoms with E-state index in [2.05, 4.69) is 70.8 Å². The van der Waals surface area contributed by atoms with Gasteiger partial charge in [-0.25, -0.2) is 18.3 Å². The van der Waals surface area contributed by atoms with Gasteiger partial charge in [-0.15, -0.1) is 0 Å². The molecule has 2 rings (SSSR count). The van der Waals surface area contributed by atoms with Gasteiger partial charge in [-0.3, -0.25) is 0 Å². The molecule has 2 aromatic heterocycles. The molecule has 0 aliphatic rings. The molecule has 0 atom stereocenters. The fourth-order valence-electron chi connectivity index (χ4n) is 7.66. The van der Waals surface area contributed by atoms with Gasteiger partial charge in [0.05, 0.1) is 26.2 Å². The van der Waals surface area contributed by atoms with Crippen LogP contribution in [0.25, 0.3) is 11.6 Å². The summed E-state index contributed by atoms with van der Waals surface area (Å²) < 4.78 is 10.6. The first-order valence-electron chi connectivity index (χ1n) is 22.4. The molecule has 0 bridgehead atoms. The summed E-state index contributed by atoms with van der Waals surface area (Å²) in [5.41, 5.74) is 0. The minimum atomic E-state index is 1.15. The van der Waals surface area contributed by atoms with Crippen molar-refractivity contribution in [3.63, 3.8) is 0 Å². The number of aromatic nitrogens is 4. The van der Waals surface area contributed by atoms with Crippen molar-refractivity contribution >= 4 is 0 Å². The molecule has 0 aliphatic carbocycles. The molecule has 0 aromatic carbocycles. The Labute approximate surface area is 306 Å². The Hall–Kier alpha value is -1.58. The number of hydrogen-bond donors (Lipinski definition) is 0. The van der Waals surface area contributed by atoms with Gasteiger partial charge < -0.3 is 0 Å². The Balaban J connectivity index is 2.15. The maximum absolute atomic E-state index is 2.64. The lowest BCUT2D eigenvalue weighted by molar-refractivity contribution is -0.715. The van der Waals surface area contributed by atoms with Gasteiger partial charge >= 0.3 is 11.6 Å². The lowest BCUT2D eigenvalue weighted by Gasteiger charge is -2.08. The molecule has 49 heavy (non-hydrogen) atoms. The first-order valence-corrected chi connectivity index (χ1v) is 22.4. The highest BCUT2D eigenvalue weighted by molar-refractivity contribution is 5.36. The summed E-state index contributed by atoms with van der Waals surface area (Å²) in [6.45, 7) is 13.9. The summed E-state index contributed by atoms with van der Waals surface area (Å²) in [5.74, 6) is 2.94. The fourth-order valence-corrected chi connectivity index (χ4v) is 7.66. The first-order chi connectivity index (χ1) is 24.3. The number of aryl methyl sites for hydroxylation is 4. The van der Waals surface area contributed by atoms with Crippen LogP contribution in [0.1, 0.15) is 227 Å². The molecule has 0 fully saturated rings. The molecular weight excluding hydrogens is 597 g/mol. The Morgan fingerprint density at radius 2 is 0.571 bits per heavy atom. The Bertz CT molecular complexity index is 951. The fraction of sp³-hybridized carbons (Fsp3) is 0.867. The molecule has 284 valence electrons. The van der Waals surface area contributed by atoms with Crippen molar-refractivity contribution in [1.82, 2.24) is 9.13 Å². The quantitative estimate of drug-likeness (QED) is 0.0503. The van der Waals surface area contributed by atoms with Gasteiger partial charge in [0.25, 0.3) is 0 Å². The number of imidazole rings is 2. The van der Waals surface area contributed by atoms with E-state index in [1.54, 1.807) is 0 Å². The van der Waals surface area contributed by atoms with Crippen LogP contribution >= 0.6 is 0 Å². The molecule has 2 aromatic rings. The van der Waals surface area contributed by atoms with Gasteiger partial charge in [-0.2, -0.15) is 0 Å². The van der Waals surface area contributed by atoms with Crippen molar-refractivity contribution in [2.75, 3.05) is 0 Å². The average Bonchev–Trinajstić information content (AvgIpc) is 3.70. The molecule has 0 aliphatic heterocycles. The SMILES string of the molecule is CCCCCCCCCCn1cc[n+](CCCCCCCCC)c1-c1n(CCCCCCCCCC)cc[n+]1CCCCCCCCCC. The van der Waals surface area contributed by atoms with Crippen molar-refractivity contribution in [2.24, 2.45) is 0 Å². The van der Waals surface area contributed by atoms with Crippen LogP contribution in [0.4, 0.5) is 0 Å². The van der Waals surface area contributed by atoms with E-state index in [1.807, 2.05) is 0 Å². The summed E-state index contributed by atoms with van der Waals surface area (Å²) in [4.78, 5) is 0. The lowest BCUT2D eigenvalue weighted by Crippen LogP contribution is -2.43. The molecule has 4 heteroatoms. The Kier molecular flexibility index (Phi) is 27.7. The van der Waals surface area contributed by atoms with Gasteiger partial charge in [-0.1, -0.05) is 175 Å². The van der Waals surface area contributed by atoms with Crippen LogP contribution in [0.3, 0.4) is 0 Å². The summed E-state index contributed by atoms with van der Waals surface area (Å²) in [6.07, 6.45) is 52.5. The van der Waals surface area contributed by atoms with Crippen LogP contribution < -0.4 is 9.13 Å². The molecular formula is C45H86N4+2. The van der Waals surface area contributed by atoms with E-state index < -0.39 is 0 Å². The van der Waals surface area contributed by atoms with Gasteiger partial charge in [0.2, 0.25) is 0 Å². The monoisotopic (exact) mass is 683 g/mol. The third kappa shape index (κ3) is 20.2. The van der Waals surface area contributed by atoms with E-state index in [-0.39, 0.29) is 0 Å². The zero-order valence-corrected chi connectivity index (χ0v) is 33.8. The molecule has 0 unspecified atom stereocenters. The van der Waals surface area contributed by atoms with Gasteiger partial charge in [0, 0.05) is 0 Å². The standard InChI is InChI=1S/C45H86N4/c1-5-9-13-17-21-25-29-33-37-47-41-40-46(36-32-28-24-20-16-12-8-4)44(47)45-48(38-34-30-26-22-18-14-10-6-2)42-43-49(45)39-35-31-27-23-19-15-11-7-3/h40-43H,5-39H2,1-4H3/q+2. The van der Waals surface area contributed by atoms with Crippen LogP contribution in [0.2, 0.25) is 0 Å². The zero-order chi connectivity index (χ0) is 35.0. The highest BCUT2D eigenvalue weighted by Gasteiger charge is 2.32. The lowest BCUT2D eigenvalue weighted by atomic mass is 10.1. The minimum Gasteiger partial charge on any atom is -0.223 e. The molecule has 0 saturated carbocycles. The van der Waals surface area contributed by atoms with E-state index in [4.69, 9.17) is 0 Å². The maximum atomic E-state index is 2.64. The van der Waals surface area contributed by atoms with Gasteiger partial charge in [0.1, 0.15) is 24.8 Å². The second kappa shape index (κ2) is 31.2. The smallest absolute Gasteiger partial charge is 0.223 e. The number of unbranched alkanes of at least 4 members (excludes halogenated alkanes) is 27. The number of hydrogen-bond acceptors (Lipinski definition) is 0. The highest BCUT2D eigenvalue weighted by Crippen LogP contribution is 2.19. The van der Waals surface area contributed by atoms with E-state index in [0.29, 0.717) is 0 Å². The van der Waals surface area contributed by atoms with Crippen molar-refractivity contribution < 1.29 is 9.13 Å². The van der Waals surface area contributed by atoms with E-state index in [1.165, 1.54) is 211 Å². The second-order valence-electron chi connectivity index (χ2n) is 15.6. The second-order valence-corrected chi connectivity index (χ2v) is 15.6. The van der Waals surface area contributed by atoms with E-state index in [0.717, 1.165) is 26.2 Å². The molecule has 0 spiro atoms. The van der Waals surface area contributed by atoms with Crippen LogP contribution in [-0.4, -0.2) is 9.13 Å². The van der Waals surface area contributed by atoms with Crippen LogP contribution in [0.15, 0.2) is 24.8 Å². The first kappa shape index (κ1) is 43.6. The number of nitrogens with zero attached hydrogens (tertiary/aromatic N) is 4. The van der Waals surface area contributed by atoms with Crippen molar-refractivity contribution in [2.45, 2.75) is 253 Å². The summed E-state index contributed by atoms with van der Waals surface area (Å²) in [6, 6.07) is 0. The predicted octanol–water partition coefficient (Wildman–Crippen LogP) is 13.7. The molecule has 4 nitrogen and oxygen atoms in total. The molecule has 0 N–H and O–H groups in total. The van der Waals surface area contributed by atoms with E-state index in [9.17, 15) is 0 Å². The normalized spacial score (nSPS) is 11.7. The summed E-state index contributed by atoms with van der Waals surface area (Å²) in [7, 11) is 0. The van der Waals surface area contributed by atoms with Crippen LogP contribution in [0.5, 0.6) is 0 Å². The third-order valence-electron chi connectivity index (χ3n) is 10.9. The minimum absolute atomic E-state index is 1.15. The van der Waals surface area contributed by atoms with Gasteiger partial charge in [0.15, 0.2) is 0 Å². The summed E-state index contributed by atoms with van der Waals surface area (Å²) >= 11 is 0. The predicted molar refractivity (Wildman–Crippen MR) is 214 cm³/mol. The third-order valence-corrected chi connectivity index (χ3v) is 10.9. The zero-order valence-electron chi connectivity index (χ0n) is 33.8. The van der Waals surface area contributed by atoms with Crippen molar-refractivity contribution in [3.8, 4) is 11.6 Å². The van der Waals surface area contributed by atoms with E-state index >= 15 is 0 Å². The van der Waals surface area contributed by atoms with Gasteiger partial charge in [-0.05, 0) is 51.4 Å². The Morgan fingerprint density at radius 1 is 0.327 bits per heavy atom. The van der Waals surface area contributed by atoms with Crippen LogP contribution in [-0.2, 0) is 26.2 Å². The maximum Gasteiger partial charge on any atom is 0.373 e. The highest BCUT2D eigenvalue weighted by atomic mass is 15.2. The van der Waals surface area contributed by atoms with Crippen LogP contribution in [0, 0.1) is 0 Å². The van der Waals surface area contributed by atoms with Crippen molar-refractivity contribution in [1.29, 1.82) is 0 Å². The molecule has 0 amide bonds. The molecule has 0 saturated heterocycles. The molecule has 0 radical (unpaired) electrons. The number of rotatable bonds is 36. The largest absolute Gasteiger partial charge is 0.373 e. The molecule has 2 heterocycles. The van der Waals surface area contributed by atoms with Crippen molar-refractivity contribution in [3.05, 3.63) is 24.8 Å².